The van der Waals surface area contributed by atoms with E-state index in [-0.39, 0.29) is 22.5 Å². The fraction of sp³-hybridized carbons (Fsp3) is 0.462. The first-order valence-electron chi connectivity index (χ1n) is 6.27. The minimum absolute atomic E-state index is 0.0573. The summed E-state index contributed by atoms with van der Waals surface area (Å²) in [4.78, 5) is 1.87. The van der Waals surface area contributed by atoms with E-state index in [0.29, 0.717) is 17.9 Å². The maximum absolute atomic E-state index is 14.5. The van der Waals surface area contributed by atoms with Crippen molar-refractivity contribution in [3.05, 3.63) is 28.0 Å². The molecular weight excluding hydrogens is 329 g/mol. The molecule has 1 aliphatic rings. The molecule has 0 saturated carbocycles. The molecular formula is C13H17BrFN3O2. The van der Waals surface area contributed by atoms with Crippen molar-refractivity contribution >= 4 is 27.5 Å². The van der Waals surface area contributed by atoms with Gasteiger partial charge in [0.1, 0.15) is 0 Å². The number of rotatable bonds is 3. The second-order valence-corrected chi connectivity index (χ2v) is 5.58. The SMILES string of the molecule is CC1OCCC1N(C)c1ccc(/C(N)=N/O)c(Br)c1F. The zero-order valence-corrected chi connectivity index (χ0v) is 12.9. The van der Waals surface area contributed by atoms with E-state index in [1.54, 1.807) is 12.1 Å². The van der Waals surface area contributed by atoms with Gasteiger partial charge in [0.05, 0.1) is 22.3 Å². The van der Waals surface area contributed by atoms with Crippen LogP contribution in [0.15, 0.2) is 21.8 Å². The lowest BCUT2D eigenvalue weighted by molar-refractivity contribution is 0.118. The molecule has 0 aromatic heterocycles. The average Bonchev–Trinajstić information content (AvgIpc) is 2.86. The molecule has 5 nitrogen and oxygen atoms in total. The van der Waals surface area contributed by atoms with Crippen molar-refractivity contribution in [1.29, 1.82) is 0 Å². The van der Waals surface area contributed by atoms with Crippen LogP contribution in [-0.2, 0) is 4.74 Å². The molecule has 7 heteroatoms. The monoisotopic (exact) mass is 345 g/mol. The van der Waals surface area contributed by atoms with Crippen LogP contribution >= 0.6 is 15.9 Å². The number of halogens is 2. The fourth-order valence-electron chi connectivity index (χ4n) is 2.47. The second-order valence-electron chi connectivity index (χ2n) is 4.79. The summed E-state index contributed by atoms with van der Waals surface area (Å²) in [6.07, 6.45) is 0.915. The molecule has 1 aliphatic heterocycles. The number of likely N-dealkylation sites (N-methyl/N-ethyl adjacent to an activating group) is 1. The van der Waals surface area contributed by atoms with Gasteiger partial charge in [0, 0.05) is 19.2 Å². The smallest absolute Gasteiger partial charge is 0.171 e. The van der Waals surface area contributed by atoms with Crippen LogP contribution in [0.2, 0.25) is 0 Å². The Kier molecular flexibility index (Phi) is 4.49. The number of nitrogens with zero attached hydrogens (tertiary/aromatic N) is 2. The van der Waals surface area contributed by atoms with Gasteiger partial charge in [0.25, 0.3) is 0 Å². The van der Waals surface area contributed by atoms with Crippen molar-refractivity contribution in [3.8, 4) is 0 Å². The molecule has 2 rings (SSSR count). The Morgan fingerprint density at radius 1 is 1.60 bits per heavy atom. The second kappa shape index (κ2) is 5.97. The van der Waals surface area contributed by atoms with Gasteiger partial charge in [-0.15, -0.1) is 0 Å². The van der Waals surface area contributed by atoms with Crippen LogP contribution in [0.25, 0.3) is 0 Å². The zero-order valence-electron chi connectivity index (χ0n) is 11.3. The van der Waals surface area contributed by atoms with Crippen LogP contribution in [0.1, 0.15) is 18.9 Å². The molecule has 1 fully saturated rings. The van der Waals surface area contributed by atoms with Gasteiger partial charge in [0.15, 0.2) is 11.7 Å². The number of hydrogen-bond donors (Lipinski definition) is 2. The highest BCUT2D eigenvalue weighted by Gasteiger charge is 2.30. The van der Waals surface area contributed by atoms with Crippen LogP contribution in [-0.4, -0.2) is 36.8 Å². The van der Waals surface area contributed by atoms with E-state index in [0.717, 1.165) is 6.42 Å². The Labute approximate surface area is 125 Å². The van der Waals surface area contributed by atoms with Gasteiger partial charge in [-0.05, 0) is 41.4 Å². The predicted molar refractivity (Wildman–Crippen MR) is 78.8 cm³/mol. The van der Waals surface area contributed by atoms with Crippen LogP contribution in [0, 0.1) is 5.82 Å². The predicted octanol–water partition coefficient (Wildman–Crippen LogP) is 2.30. The Bertz CT molecular complexity index is 539. The van der Waals surface area contributed by atoms with E-state index in [9.17, 15) is 4.39 Å². The van der Waals surface area contributed by atoms with E-state index in [4.69, 9.17) is 15.7 Å². The third kappa shape index (κ3) is 2.60. The van der Waals surface area contributed by atoms with E-state index < -0.39 is 5.82 Å². The molecule has 0 spiro atoms. The summed E-state index contributed by atoms with van der Waals surface area (Å²) in [5.41, 5.74) is 6.27. The lowest BCUT2D eigenvalue weighted by Crippen LogP contribution is -2.37. The number of hydrogen-bond acceptors (Lipinski definition) is 4. The molecule has 1 aromatic carbocycles. The number of oxime groups is 1. The number of anilines is 1. The Morgan fingerprint density at radius 3 is 2.85 bits per heavy atom. The summed E-state index contributed by atoms with van der Waals surface area (Å²) in [7, 11) is 1.84. The van der Waals surface area contributed by atoms with Crippen molar-refractivity contribution in [2.45, 2.75) is 25.5 Å². The van der Waals surface area contributed by atoms with Gasteiger partial charge in [-0.1, -0.05) is 5.16 Å². The molecule has 1 heterocycles. The number of nitrogens with two attached hydrogens (primary N) is 1. The topological polar surface area (TPSA) is 71.1 Å². The van der Waals surface area contributed by atoms with Crippen LogP contribution in [0.4, 0.5) is 10.1 Å². The molecule has 110 valence electrons. The molecule has 0 amide bonds. The summed E-state index contributed by atoms with van der Waals surface area (Å²) in [5, 5.41) is 11.6. The Hall–Kier alpha value is -1.34. The largest absolute Gasteiger partial charge is 0.409 e. The summed E-state index contributed by atoms with van der Waals surface area (Å²) in [6, 6.07) is 3.37. The third-order valence-corrected chi connectivity index (χ3v) is 4.43. The highest BCUT2D eigenvalue weighted by molar-refractivity contribution is 9.10. The Morgan fingerprint density at radius 2 is 2.30 bits per heavy atom. The van der Waals surface area contributed by atoms with Crippen LogP contribution in [0.5, 0.6) is 0 Å². The lowest BCUT2D eigenvalue weighted by Gasteiger charge is -2.29. The standard InChI is InChI=1S/C13H17BrFN3O2/c1-7-9(5-6-20-7)18(2)10-4-3-8(13(16)17-19)11(14)12(10)15/h3-4,7,9,19H,5-6H2,1-2H3,(H2,16,17). The lowest BCUT2D eigenvalue weighted by atomic mass is 10.1. The van der Waals surface area contributed by atoms with Crippen molar-refractivity contribution < 1.29 is 14.3 Å². The first kappa shape index (κ1) is 15.1. The van der Waals surface area contributed by atoms with E-state index in [2.05, 4.69) is 21.1 Å². The fourth-order valence-corrected chi connectivity index (χ4v) is 3.01. The minimum atomic E-state index is -0.435. The summed E-state index contributed by atoms with van der Waals surface area (Å²) >= 11 is 3.16. The average molecular weight is 346 g/mol. The number of ether oxygens (including phenoxy) is 1. The Balaban J connectivity index is 2.36. The summed E-state index contributed by atoms with van der Waals surface area (Å²) in [6.45, 7) is 2.66. The molecule has 0 aliphatic carbocycles. The van der Waals surface area contributed by atoms with E-state index in [1.165, 1.54) is 0 Å². The molecule has 0 radical (unpaired) electrons. The van der Waals surface area contributed by atoms with Crippen molar-refractivity contribution in [2.75, 3.05) is 18.6 Å². The highest BCUT2D eigenvalue weighted by Crippen LogP contribution is 2.32. The molecule has 20 heavy (non-hydrogen) atoms. The van der Waals surface area contributed by atoms with Gasteiger partial charge >= 0.3 is 0 Å². The zero-order chi connectivity index (χ0) is 14.9. The summed E-state index contributed by atoms with van der Waals surface area (Å²) < 4.78 is 20.2. The third-order valence-electron chi connectivity index (χ3n) is 3.66. The molecule has 3 N–H and O–H groups in total. The summed E-state index contributed by atoms with van der Waals surface area (Å²) in [5.74, 6) is -0.571. The molecule has 1 saturated heterocycles. The molecule has 2 unspecified atom stereocenters. The van der Waals surface area contributed by atoms with Crippen LogP contribution in [0.3, 0.4) is 0 Å². The van der Waals surface area contributed by atoms with Crippen LogP contribution < -0.4 is 10.6 Å². The van der Waals surface area contributed by atoms with Gasteiger partial charge in [0.2, 0.25) is 0 Å². The number of benzene rings is 1. The van der Waals surface area contributed by atoms with Gasteiger partial charge < -0.3 is 20.6 Å². The minimum Gasteiger partial charge on any atom is -0.409 e. The van der Waals surface area contributed by atoms with Crippen molar-refractivity contribution in [2.24, 2.45) is 10.9 Å². The molecule has 2 atom stereocenters. The molecule has 1 aromatic rings. The number of amidine groups is 1. The maximum Gasteiger partial charge on any atom is 0.171 e. The van der Waals surface area contributed by atoms with Gasteiger partial charge in [-0.25, -0.2) is 4.39 Å². The molecule has 0 bridgehead atoms. The first-order chi connectivity index (χ1) is 9.47. The van der Waals surface area contributed by atoms with Gasteiger partial charge in [-0.2, -0.15) is 0 Å². The maximum atomic E-state index is 14.5. The first-order valence-corrected chi connectivity index (χ1v) is 7.07. The van der Waals surface area contributed by atoms with Gasteiger partial charge in [-0.3, -0.25) is 0 Å². The van der Waals surface area contributed by atoms with Crippen molar-refractivity contribution in [1.82, 2.24) is 0 Å². The van der Waals surface area contributed by atoms with E-state index in [1.807, 2.05) is 18.9 Å². The highest BCUT2D eigenvalue weighted by atomic mass is 79.9. The van der Waals surface area contributed by atoms with Crippen molar-refractivity contribution in [3.63, 3.8) is 0 Å². The van der Waals surface area contributed by atoms with E-state index >= 15 is 0 Å². The quantitative estimate of drug-likeness (QED) is 0.381. The normalized spacial score (nSPS) is 23.1.